The SMILES string of the molecule is C[C@@H](NC(=O)N[C@@H]1CCN(Cc2ccccc2)C1)c1n[nH]c(=O)n1C. The topological polar surface area (TPSA) is 95.1 Å². The lowest BCUT2D eigenvalue weighted by atomic mass is 10.2. The van der Waals surface area contributed by atoms with Crippen LogP contribution in [0.4, 0.5) is 4.79 Å². The number of benzene rings is 1. The Morgan fingerprint density at radius 2 is 2.16 bits per heavy atom. The van der Waals surface area contributed by atoms with Crippen molar-refractivity contribution in [2.75, 3.05) is 13.1 Å². The van der Waals surface area contributed by atoms with E-state index in [-0.39, 0.29) is 23.8 Å². The van der Waals surface area contributed by atoms with Crippen molar-refractivity contribution in [1.82, 2.24) is 30.3 Å². The first-order valence-electron chi connectivity index (χ1n) is 8.47. The van der Waals surface area contributed by atoms with Gasteiger partial charge in [0.1, 0.15) is 0 Å². The van der Waals surface area contributed by atoms with E-state index < -0.39 is 0 Å². The van der Waals surface area contributed by atoms with Gasteiger partial charge < -0.3 is 10.6 Å². The minimum Gasteiger partial charge on any atom is -0.334 e. The maximum atomic E-state index is 12.2. The van der Waals surface area contributed by atoms with Crippen molar-refractivity contribution < 1.29 is 4.79 Å². The number of hydrogen-bond donors (Lipinski definition) is 3. The number of carbonyl (C=O) groups is 1. The van der Waals surface area contributed by atoms with Crippen LogP contribution in [0.15, 0.2) is 35.1 Å². The highest BCUT2D eigenvalue weighted by molar-refractivity contribution is 5.74. The summed E-state index contributed by atoms with van der Waals surface area (Å²) in [4.78, 5) is 25.9. The molecule has 0 saturated carbocycles. The summed E-state index contributed by atoms with van der Waals surface area (Å²) in [5.41, 5.74) is 0.983. The zero-order valence-corrected chi connectivity index (χ0v) is 14.5. The average molecular weight is 344 g/mol. The van der Waals surface area contributed by atoms with Gasteiger partial charge in [-0.15, -0.1) is 0 Å². The summed E-state index contributed by atoms with van der Waals surface area (Å²) >= 11 is 0. The molecule has 1 aromatic heterocycles. The highest BCUT2D eigenvalue weighted by atomic mass is 16.2. The van der Waals surface area contributed by atoms with Gasteiger partial charge in [0.25, 0.3) is 0 Å². The van der Waals surface area contributed by atoms with E-state index in [1.807, 2.05) is 18.2 Å². The quantitative estimate of drug-likeness (QED) is 0.746. The van der Waals surface area contributed by atoms with Crippen molar-refractivity contribution in [3.05, 3.63) is 52.2 Å². The van der Waals surface area contributed by atoms with Gasteiger partial charge in [-0.3, -0.25) is 9.47 Å². The predicted molar refractivity (Wildman–Crippen MR) is 94.0 cm³/mol. The summed E-state index contributed by atoms with van der Waals surface area (Å²) < 4.78 is 1.39. The first-order valence-corrected chi connectivity index (χ1v) is 8.47. The second kappa shape index (κ2) is 7.52. The molecular weight excluding hydrogens is 320 g/mol. The number of nitrogens with one attached hydrogen (secondary N) is 3. The van der Waals surface area contributed by atoms with Crippen LogP contribution in [0.25, 0.3) is 0 Å². The molecule has 1 saturated heterocycles. The van der Waals surface area contributed by atoms with Crippen molar-refractivity contribution >= 4 is 6.03 Å². The number of urea groups is 1. The van der Waals surface area contributed by atoms with Crippen molar-refractivity contribution in [2.24, 2.45) is 7.05 Å². The number of carbonyl (C=O) groups excluding carboxylic acids is 1. The number of H-pyrrole nitrogens is 1. The van der Waals surface area contributed by atoms with E-state index >= 15 is 0 Å². The Hall–Kier alpha value is -2.61. The Kier molecular flexibility index (Phi) is 5.18. The summed E-state index contributed by atoms with van der Waals surface area (Å²) in [7, 11) is 1.62. The number of rotatable bonds is 5. The highest BCUT2D eigenvalue weighted by Gasteiger charge is 2.24. The van der Waals surface area contributed by atoms with Crippen LogP contribution in [-0.2, 0) is 13.6 Å². The number of aromatic nitrogens is 3. The molecule has 2 aromatic rings. The predicted octanol–water partition coefficient (Wildman–Crippen LogP) is 0.743. The molecular formula is C17H24N6O2. The van der Waals surface area contributed by atoms with Gasteiger partial charge in [-0.2, -0.15) is 5.10 Å². The van der Waals surface area contributed by atoms with Gasteiger partial charge >= 0.3 is 11.7 Å². The van der Waals surface area contributed by atoms with E-state index in [0.29, 0.717) is 5.82 Å². The van der Waals surface area contributed by atoms with Crippen molar-refractivity contribution in [1.29, 1.82) is 0 Å². The lowest BCUT2D eigenvalue weighted by Crippen LogP contribution is -2.44. The van der Waals surface area contributed by atoms with Gasteiger partial charge in [-0.25, -0.2) is 14.7 Å². The fourth-order valence-electron chi connectivity index (χ4n) is 3.17. The third-order valence-electron chi connectivity index (χ3n) is 4.51. The Morgan fingerprint density at radius 1 is 1.40 bits per heavy atom. The monoisotopic (exact) mass is 344 g/mol. The minimum atomic E-state index is -0.356. The van der Waals surface area contributed by atoms with Crippen molar-refractivity contribution in [2.45, 2.75) is 32.0 Å². The molecule has 25 heavy (non-hydrogen) atoms. The molecule has 2 amide bonds. The fourth-order valence-corrected chi connectivity index (χ4v) is 3.17. The second-order valence-electron chi connectivity index (χ2n) is 6.49. The Bertz CT molecular complexity index is 769. The Balaban J connectivity index is 1.47. The third-order valence-corrected chi connectivity index (χ3v) is 4.51. The number of nitrogens with zero attached hydrogens (tertiary/aromatic N) is 3. The molecule has 0 radical (unpaired) electrons. The lowest BCUT2D eigenvalue weighted by Gasteiger charge is -2.18. The second-order valence-corrected chi connectivity index (χ2v) is 6.49. The number of amides is 2. The minimum absolute atomic E-state index is 0.124. The molecule has 1 aliphatic rings. The van der Waals surface area contributed by atoms with Gasteiger partial charge in [-0.05, 0) is 18.9 Å². The molecule has 0 bridgehead atoms. The molecule has 3 N–H and O–H groups in total. The largest absolute Gasteiger partial charge is 0.343 e. The summed E-state index contributed by atoms with van der Waals surface area (Å²) in [6.07, 6.45) is 0.926. The van der Waals surface area contributed by atoms with Crippen LogP contribution in [0.3, 0.4) is 0 Å². The lowest BCUT2D eigenvalue weighted by molar-refractivity contribution is 0.232. The van der Waals surface area contributed by atoms with Crippen molar-refractivity contribution in [3.63, 3.8) is 0 Å². The van der Waals surface area contributed by atoms with E-state index in [1.54, 1.807) is 14.0 Å². The number of likely N-dealkylation sites (tertiary alicyclic amines) is 1. The zero-order chi connectivity index (χ0) is 17.8. The summed E-state index contributed by atoms with van der Waals surface area (Å²) in [6.45, 7) is 4.48. The molecule has 1 aromatic carbocycles. The first kappa shape index (κ1) is 17.2. The van der Waals surface area contributed by atoms with Gasteiger partial charge in [0.15, 0.2) is 5.82 Å². The molecule has 2 heterocycles. The Morgan fingerprint density at radius 3 is 2.84 bits per heavy atom. The maximum Gasteiger partial charge on any atom is 0.343 e. The molecule has 134 valence electrons. The average Bonchev–Trinajstić information content (AvgIpc) is 3.15. The third kappa shape index (κ3) is 4.27. The molecule has 0 unspecified atom stereocenters. The fraction of sp³-hybridized carbons (Fsp3) is 0.471. The standard InChI is InChI=1S/C17H24N6O2/c1-12(15-20-21-17(25)22(15)2)18-16(24)19-14-8-9-23(11-14)10-13-6-4-3-5-7-13/h3-7,12,14H,8-11H2,1-2H3,(H,21,25)(H2,18,19,24)/t12-,14-/m1/s1. The maximum absolute atomic E-state index is 12.2. The van der Waals surface area contributed by atoms with Crippen LogP contribution in [-0.4, -0.2) is 44.8 Å². The molecule has 0 spiro atoms. The van der Waals surface area contributed by atoms with E-state index in [9.17, 15) is 9.59 Å². The van der Waals surface area contributed by atoms with Crippen LogP contribution in [0, 0.1) is 0 Å². The number of aromatic amines is 1. The van der Waals surface area contributed by atoms with Gasteiger partial charge in [0.2, 0.25) is 0 Å². The van der Waals surface area contributed by atoms with Gasteiger partial charge in [-0.1, -0.05) is 30.3 Å². The van der Waals surface area contributed by atoms with Crippen LogP contribution >= 0.6 is 0 Å². The summed E-state index contributed by atoms with van der Waals surface area (Å²) in [6, 6.07) is 9.85. The Labute approximate surface area is 146 Å². The van der Waals surface area contributed by atoms with E-state index in [4.69, 9.17) is 0 Å². The zero-order valence-electron chi connectivity index (χ0n) is 14.5. The normalized spacial score (nSPS) is 18.9. The first-order chi connectivity index (χ1) is 12.0. The summed E-state index contributed by atoms with van der Waals surface area (Å²) in [5.74, 6) is 0.497. The molecule has 0 aliphatic carbocycles. The van der Waals surface area contributed by atoms with Crippen LogP contribution < -0.4 is 16.3 Å². The van der Waals surface area contributed by atoms with E-state index in [2.05, 4.69) is 37.9 Å². The molecule has 3 rings (SSSR count). The van der Waals surface area contributed by atoms with Gasteiger partial charge in [0.05, 0.1) is 6.04 Å². The van der Waals surface area contributed by atoms with Crippen LogP contribution in [0.2, 0.25) is 0 Å². The smallest absolute Gasteiger partial charge is 0.334 e. The van der Waals surface area contributed by atoms with Crippen LogP contribution in [0.5, 0.6) is 0 Å². The molecule has 2 atom stereocenters. The highest BCUT2D eigenvalue weighted by Crippen LogP contribution is 2.13. The number of hydrogen-bond acceptors (Lipinski definition) is 4. The molecule has 8 nitrogen and oxygen atoms in total. The van der Waals surface area contributed by atoms with E-state index in [0.717, 1.165) is 26.1 Å². The van der Waals surface area contributed by atoms with Crippen LogP contribution in [0.1, 0.15) is 30.8 Å². The summed E-state index contributed by atoms with van der Waals surface area (Å²) in [5, 5.41) is 12.1. The molecule has 1 aliphatic heterocycles. The van der Waals surface area contributed by atoms with Crippen molar-refractivity contribution in [3.8, 4) is 0 Å². The molecule has 1 fully saturated rings. The molecule has 8 heteroatoms. The van der Waals surface area contributed by atoms with E-state index in [1.165, 1.54) is 10.1 Å². The van der Waals surface area contributed by atoms with Gasteiger partial charge in [0, 0.05) is 32.7 Å².